The first-order valence-electron chi connectivity index (χ1n) is 17.4. The SMILES string of the molecule is CS(=O)c1ccc2ncc(S(=O)(=O)c3ccc(OC(C)(C)C)c(F)c3)c(N3CCC(N4CCC(N5CCN(CCO)CC5)CC4)CC3)c2c1. The normalized spacial score (nSPS) is 20.6. The van der Waals surface area contributed by atoms with Crippen molar-refractivity contribution in [3.8, 4) is 5.75 Å². The third kappa shape index (κ3) is 8.12. The number of β-amino-alcohol motifs (C(OH)–C–C–N with tert-alkyl or cyclic N) is 1. The molecule has 0 amide bonds. The number of piperazine rings is 1. The number of fused-ring (bicyclic) bond motifs is 1. The third-order valence-electron chi connectivity index (χ3n) is 10.2. The lowest BCUT2D eigenvalue weighted by Crippen LogP contribution is -2.55. The van der Waals surface area contributed by atoms with Crippen LogP contribution in [0, 0.1) is 5.82 Å². The first-order valence-corrected chi connectivity index (χ1v) is 20.4. The minimum absolute atomic E-state index is 0.00916. The van der Waals surface area contributed by atoms with Gasteiger partial charge in [0.2, 0.25) is 9.84 Å². The lowest BCUT2D eigenvalue weighted by molar-refractivity contribution is 0.0396. The van der Waals surface area contributed by atoms with E-state index in [4.69, 9.17) is 4.74 Å². The Balaban J connectivity index is 1.22. The van der Waals surface area contributed by atoms with Gasteiger partial charge in [-0.1, -0.05) is 0 Å². The largest absolute Gasteiger partial charge is 0.485 e. The van der Waals surface area contributed by atoms with Crippen molar-refractivity contribution in [2.24, 2.45) is 0 Å². The van der Waals surface area contributed by atoms with E-state index in [-0.39, 0.29) is 22.1 Å². The Bertz CT molecular complexity index is 1760. The molecule has 3 fully saturated rings. The van der Waals surface area contributed by atoms with Crippen LogP contribution in [-0.4, -0.2) is 127 Å². The van der Waals surface area contributed by atoms with Crippen molar-refractivity contribution in [1.29, 1.82) is 0 Å². The van der Waals surface area contributed by atoms with Crippen LogP contribution in [-0.2, 0) is 20.6 Å². The van der Waals surface area contributed by atoms with Crippen molar-refractivity contribution in [1.82, 2.24) is 19.7 Å². The number of piperidine rings is 2. The maximum Gasteiger partial charge on any atom is 0.210 e. The second-order valence-corrected chi connectivity index (χ2v) is 17.8. The Morgan fingerprint density at radius 2 is 1.55 bits per heavy atom. The molecule has 6 rings (SSSR count). The summed E-state index contributed by atoms with van der Waals surface area (Å²) in [5, 5.41) is 9.89. The van der Waals surface area contributed by atoms with Crippen LogP contribution >= 0.6 is 0 Å². The smallest absolute Gasteiger partial charge is 0.210 e. The minimum Gasteiger partial charge on any atom is -0.485 e. The third-order valence-corrected chi connectivity index (χ3v) is 12.8. The fraction of sp³-hybridized carbons (Fsp3) is 0.583. The van der Waals surface area contributed by atoms with Gasteiger partial charge in [0.05, 0.1) is 22.7 Å². The van der Waals surface area contributed by atoms with Crippen molar-refractivity contribution >= 4 is 37.2 Å². The molecule has 0 spiro atoms. The van der Waals surface area contributed by atoms with E-state index in [0.29, 0.717) is 46.7 Å². The summed E-state index contributed by atoms with van der Waals surface area (Å²) in [6.45, 7) is 13.9. The molecular weight excluding hydrogens is 666 g/mol. The molecule has 13 heteroatoms. The van der Waals surface area contributed by atoms with Crippen molar-refractivity contribution in [2.45, 2.75) is 78.8 Å². The summed E-state index contributed by atoms with van der Waals surface area (Å²) in [4.78, 5) is 14.6. The van der Waals surface area contributed by atoms with Gasteiger partial charge >= 0.3 is 0 Å². The van der Waals surface area contributed by atoms with Crippen LogP contribution in [0.15, 0.2) is 57.3 Å². The molecule has 49 heavy (non-hydrogen) atoms. The van der Waals surface area contributed by atoms with E-state index >= 15 is 4.39 Å². The maximum absolute atomic E-state index is 15.2. The molecule has 0 saturated carbocycles. The lowest BCUT2D eigenvalue weighted by Gasteiger charge is -2.46. The molecule has 1 unspecified atom stereocenters. The highest BCUT2D eigenvalue weighted by Crippen LogP contribution is 2.39. The predicted octanol–water partition coefficient (Wildman–Crippen LogP) is 4.16. The summed E-state index contributed by atoms with van der Waals surface area (Å²) in [6, 6.07) is 10.1. The lowest BCUT2D eigenvalue weighted by atomic mass is 9.96. The van der Waals surface area contributed by atoms with Crippen LogP contribution in [0.4, 0.5) is 10.1 Å². The standard InChI is InChI=1S/C36H50FN5O5S2/c1-36(2,3)47-33-8-6-29(24-31(33)37)49(45,46)34-25-38-32-7-5-28(48(4)44)23-30(32)35(34)42-15-11-26(12-16-42)40-13-9-27(10-14-40)41-19-17-39(18-20-41)21-22-43/h5-8,23-27,43H,9-22H2,1-4H3. The Hall–Kier alpha value is -2.68. The topological polar surface area (TPSA) is 107 Å². The molecule has 1 N–H and O–H groups in total. The van der Waals surface area contributed by atoms with Gasteiger partial charge in [-0.05, 0) is 95.9 Å². The molecule has 3 aliphatic rings. The van der Waals surface area contributed by atoms with Crippen LogP contribution < -0.4 is 9.64 Å². The maximum atomic E-state index is 15.2. The van der Waals surface area contributed by atoms with Crippen LogP contribution in [0.3, 0.4) is 0 Å². The molecule has 3 saturated heterocycles. The number of hydrogen-bond donors (Lipinski definition) is 1. The zero-order chi connectivity index (χ0) is 34.9. The summed E-state index contributed by atoms with van der Waals surface area (Å²) in [7, 11) is -5.47. The Labute approximate surface area is 292 Å². The molecule has 4 heterocycles. The zero-order valence-corrected chi connectivity index (χ0v) is 30.7. The van der Waals surface area contributed by atoms with Crippen LogP contribution in [0.25, 0.3) is 10.9 Å². The van der Waals surface area contributed by atoms with Crippen molar-refractivity contribution in [2.75, 3.05) is 76.7 Å². The monoisotopic (exact) mass is 715 g/mol. The number of ether oxygens (including phenoxy) is 1. The van der Waals surface area contributed by atoms with Crippen molar-refractivity contribution in [3.63, 3.8) is 0 Å². The number of anilines is 1. The second kappa shape index (κ2) is 14.9. The van der Waals surface area contributed by atoms with Crippen molar-refractivity contribution in [3.05, 3.63) is 48.4 Å². The number of benzene rings is 2. The average Bonchev–Trinajstić information content (AvgIpc) is 3.08. The summed E-state index contributed by atoms with van der Waals surface area (Å²) >= 11 is 0. The highest BCUT2D eigenvalue weighted by Gasteiger charge is 2.34. The summed E-state index contributed by atoms with van der Waals surface area (Å²) in [5.41, 5.74) is 0.502. The molecular formula is C36H50FN5O5S2. The number of nitrogens with zero attached hydrogens (tertiary/aromatic N) is 5. The van der Waals surface area contributed by atoms with E-state index in [1.165, 1.54) is 18.3 Å². The van der Waals surface area contributed by atoms with E-state index in [1.54, 1.807) is 45.2 Å². The number of aliphatic hydroxyl groups is 1. The van der Waals surface area contributed by atoms with Gasteiger partial charge in [0.1, 0.15) is 10.5 Å². The Morgan fingerprint density at radius 3 is 2.14 bits per heavy atom. The number of halogens is 1. The van der Waals surface area contributed by atoms with E-state index in [9.17, 15) is 17.7 Å². The van der Waals surface area contributed by atoms with Gasteiger partial charge < -0.3 is 19.6 Å². The molecule has 2 aromatic carbocycles. The van der Waals surface area contributed by atoms with E-state index in [0.717, 1.165) is 77.6 Å². The molecule has 1 atom stereocenters. The first kappa shape index (κ1) is 36.1. The van der Waals surface area contributed by atoms with E-state index < -0.39 is 32.1 Å². The molecule has 10 nitrogen and oxygen atoms in total. The van der Waals surface area contributed by atoms with Crippen LogP contribution in [0.2, 0.25) is 0 Å². The predicted molar refractivity (Wildman–Crippen MR) is 191 cm³/mol. The van der Waals surface area contributed by atoms with Gasteiger partial charge in [-0.25, -0.2) is 12.8 Å². The summed E-state index contributed by atoms with van der Waals surface area (Å²) < 4.78 is 62.0. The molecule has 268 valence electrons. The number of likely N-dealkylation sites (tertiary alicyclic amines) is 1. The summed E-state index contributed by atoms with van der Waals surface area (Å²) in [6.07, 6.45) is 7.05. The van der Waals surface area contributed by atoms with Gasteiger partial charge in [-0.15, -0.1) is 0 Å². The summed E-state index contributed by atoms with van der Waals surface area (Å²) in [5.74, 6) is -0.756. The van der Waals surface area contributed by atoms with Crippen LogP contribution in [0.1, 0.15) is 46.5 Å². The van der Waals surface area contributed by atoms with Gasteiger partial charge in [0.25, 0.3) is 0 Å². The number of pyridine rings is 1. The Morgan fingerprint density at radius 1 is 0.918 bits per heavy atom. The quantitative estimate of drug-likeness (QED) is 0.347. The van der Waals surface area contributed by atoms with Gasteiger partial charge in [0, 0.05) is 91.4 Å². The van der Waals surface area contributed by atoms with Gasteiger partial charge in [-0.2, -0.15) is 0 Å². The van der Waals surface area contributed by atoms with Gasteiger partial charge in [0.15, 0.2) is 11.6 Å². The number of rotatable bonds is 9. The molecule has 0 bridgehead atoms. The number of aromatic nitrogens is 1. The average molecular weight is 716 g/mol. The molecule has 3 aromatic rings. The molecule has 0 aliphatic carbocycles. The number of sulfone groups is 1. The van der Waals surface area contributed by atoms with Crippen molar-refractivity contribution < 1.29 is 26.9 Å². The Kier molecular flexibility index (Phi) is 11.0. The molecule has 0 radical (unpaired) electrons. The van der Waals surface area contributed by atoms with Crippen LogP contribution in [0.5, 0.6) is 5.75 Å². The molecule has 1 aromatic heterocycles. The van der Waals surface area contributed by atoms with E-state index in [1.807, 2.05) is 0 Å². The van der Waals surface area contributed by atoms with Gasteiger partial charge in [-0.3, -0.25) is 19.0 Å². The molecule has 3 aliphatic heterocycles. The van der Waals surface area contributed by atoms with E-state index in [2.05, 4.69) is 24.6 Å². The highest BCUT2D eigenvalue weighted by atomic mass is 32.2. The first-order chi connectivity index (χ1) is 23.3. The zero-order valence-electron chi connectivity index (χ0n) is 29.1. The minimum atomic E-state index is -4.19. The fourth-order valence-corrected chi connectivity index (χ4v) is 9.58. The highest BCUT2D eigenvalue weighted by molar-refractivity contribution is 7.91. The number of hydrogen-bond acceptors (Lipinski definition) is 10. The number of aliphatic hydroxyl groups excluding tert-OH is 1. The second-order valence-electron chi connectivity index (χ2n) is 14.5. The fourth-order valence-electron chi connectivity index (χ4n) is 7.59.